The van der Waals surface area contributed by atoms with Gasteiger partial charge in [-0.2, -0.15) is 16.8 Å². The number of hydrogen-bond acceptors (Lipinski definition) is 5. The minimum Gasteiger partial charge on any atom is -0.286 e. The van der Waals surface area contributed by atoms with E-state index in [2.05, 4.69) is 4.98 Å². The van der Waals surface area contributed by atoms with Gasteiger partial charge < -0.3 is 0 Å². The zero-order valence-electron chi connectivity index (χ0n) is 12.0. The maximum atomic E-state index is 10.5. The molecular formula is C13H17NO6S2. The first-order valence-electron chi connectivity index (χ1n) is 5.82. The van der Waals surface area contributed by atoms with Crippen molar-refractivity contribution in [2.75, 3.05) is 6.26 Å². The molecular weight excluding hydrogens is 330 g/mol. The van der Waals surface area contributed by atoms with E-state index in [1.165, 1.54) is 12.1 Å². The Hall–Kier alpha value is -1.81. The third kappa shape index (κ3) is 13.2. The molecule has 1 heterocycles. The Morgan fingerprint density at radius 1 is 0.864 bits per heavy atom. The summed E-state index contributed by atoms with van der Waals surface area (Å²) < 4.78 is 55.4. The van der Waals surface area contributed by atoms with Gasteiger partial charge in [0.2, 0.25) is 0 Å². The van der Waals surface area contributed by atoms with Gasteiger partial charge in [0.25, 0.3) is 20.2 Å². The van der Waals surface area contributed by atoms with E-state index in [0.717, 1.165) is 5.56 Å². The number of aromatic nitrogens is 1. The molecule has 22 heavy (non-hydrogen) atoms. The average Bonchev–Trinajstić information content (AvgIpc) is 2.39. The molecule has 2 N–H and O–H groups in total. The van der Waals surface area contributed by atoms with Crippen LogP contribution in [0, 0.1) is 6.92 Å². The molecule has 0 unspecified atom stereocenters. The van der Waals surface area contributed by atoms with Gasteiger partial charge in [-0.3, -0.25) is 14.1 Å². The lowest BCUT2D eigenvalue weighted by Gasteiger charge is -1.95. The number of aryl methyl sites for hydroxylation is 1. The van der Waals surface area contributed by atoms with Crippen LogP contribution < -0.4 is 0 Å². The van der Waals surface area contributed by atoms with Crippen LogP contribution in [0.5, 0.6) is 0 Å². The summed E-state index contributed by atoms with van der Waals surface area (Å²) >= 11 is 0. The Labute approximate surface area is 130 Å². The third-order valence-corrected chi connectivity index (χ3v) is 2.75. The lowest BCUT2D eigenvalue weighted by molar-refractivity contribution is 0.482. The van der Waals surface area contributed by atoms with E-state index < -0.39 is 20.2 Å². The Morgan fingerprint density at radius 2 is 1.27 bits per heavy atom. The van der Waals surface area contributed by atoms with Gasteiger partial charge in [0, 0.05) is 12.4 Å². The smallest absolute Gasteiger partial charge is 0.286 e. The van der Waals surface area contributed by atoms with E-state index in [4.69, 9.17) is 9.11 Å². The van der Waals surface area contributed by atoms with Crippen LogP contribution in [0.15, 0.2) is 59.8 Å². The first-order valence-corrected chi connectivity index (χ1v) is 9.10. The second-order valence-electron chi connectivity index (χ2n) is 4.05. The second kappa shape index (κ2) is 9.26. The lowest BCUT2D eigenvalue weighted by atomic mass is 10.2. The summed E-state index contributed by atoms with van der Waals surface area (Å²) in [6.45, 7) is 1.84. The van der Waals surface area contributed by atoms with Gasteiger partial charge >= 0.3 is 0 Å². The third-order valence-electron chi connectivity index (χ3n) is 1.89. The highest BCUT2D eigenvalue weighted by Gasteiger charge is 2.06. The Kier molecular flexibility index (Phi) is 8.50. The first kappa shape index (κ1) is 20.2. The summed E-state index contributed by atoms with van der Waals surface area (Å²) in [5.74, 6) is 0. The quantitative estimate of drug-likeness (QED) is 0.755. The second-order valence-corrected chi connectivity index (χ2v) is 6.93. The normalized spacial score (nSPS) is 10.5. The van der Waals surface area contributed by atoms with Gasteiger partial charge in [0.15, 0.2) is 0 Å². The molecule has 0 spiro atoms. The van der Waals surface area contributed by atoms with E-state index in [9.17, 15) is 16.8 Å². The molecule has 2 aromatic rings. The molecule has 0 aliphatic rings. The highest BCUT2D eigenvalue weighted by Crippen LogP contribution is 2.08. The predicted octanol–water partition coefficient (Wildman–Crippen LogP) is 1.83. The van der Waals surface area contributed by atoms with E-state index in [1.807, 2.05) is 25.1 Å². The van der Waals surface area contributed by atoms with Crippen molar-refractivity contribution in [1.82, 2.24) is 4.98 Å². The van der Waals surface area contributed by atoms with Gasteiger partial charge in [0.1, 0.15) is 0 Å². The summed E-state index contributed by atoms with van der Waals surface area (Å²) in [5.41, 5.74) is 0.956. The fraction of sp³-hybridized carbons (Fsp3) is 0.154. The summed E-state index contributed by atoms with van der Waals surface area (Å²) in [4.78, 5) is 3.72. The molecule has 9 heteroatoms. The molecule has 122 valence electrons. The number of pyridine rings is 1. The van der Waals surface area contributed by atoms with Crippen LogP contribution in [-0.4, -0.2) is 37.2 Å². The van der Waals surface area contributed by atoms with Crippen LogP contribution in [0.4, 0.5) is 0 Å². The summed E-state index contributed by atoms with van der Waals surface area (Å²) in [7, 11) is -7.69. The SMILES string of the molecule is CS(=O)(=O)O.Cc1ccc(S(=O)(=O)O)cc1.c1ccncc1. The Balaban J connectivity index is 0.000000338. The molecule has 0 atom stereocenters. The van der Waals surface area contributed by atoms with Crippen molar-refractivity contribution in [3.05, 3.63) is 60.4 Å². The van der Waals surface area contributed by atoms with E-state index in [0.29, 0.717) is 6.26 Å². The van der Waals surface area contributed by atoms with Crippen LogP contribution in [0.1, 0.15) is 5.56 Å². The van der Waals surface area contributed by atoms with Gasteiger partial charge in [-0.25, -0.2) is 0 Å². The minimum atomic E-state index is -4.02. The molecule has 2 rings (SSSR count). The van der Waals surface area contributed by atoms with Crippen LogP contribution in [-0.2, 0) is 20.2 Å². The standard InChI is InChI=1S/C7H8O3S.C5H5N.CH4O3S/c1-6-2-4-7(5-3-6)11(8,9)10;1-2-4-6-5-3-1;1-5(2,3)4/h2-5H,1H3,(H,8,9,10);1-5H;1H3,(H,2,3,4). The van der Waals surface area contributed by atoms with Crippen molar-refractivity contribution in [3.63, 3.8) is 0 Å². The molecule has 1 aromatic carbocycles. The van der Waals surface area contributed by atoms with Crippen LogP contribution in [0.25, 0.3) is 0 Å². The van der Waals surface area contributed by atoms with Gasteiger partial charge in [0.05, 0.1) is 11.2 Å². The summed E-state index contributed by atoms with van der Waals surface area (Å²) in [6, 6.07) is 11.7. The molecule has 0 saturated carbocycles. The highest BCUT2D eigenvalue weighted by molar-refractivity contribution is 7.85. The zero-order chi connectivity index (χ0) is 17.2. The largest absolute Gasteiger partial charge is 0.294 e. The van der Waals surface area contributed by atoms with Crippen molar-refractivity contribution in [3.8, 4) is 0 Å². The Bertz CT molecular complexity index is 706. The molecule has 0 bridgehead atoms. The lowest BCUT2D eigenvalue weighted by Crippen LogP contribution is -1.96. The molecule has 0 amide bonds. The van der Waals surface area contributed by atoms with Crippen molar-refractivity contribution in [1.29, 1.82) is 0 Å². The zero-order valence-corrected chi connectivity index (χ0v) is 13.6. The summed E-state index contributed by atoms with van der Waals surface area (Å²) in [5, 5.41) is 0. The van der Waals surface area contributed by atoms with E-state index in [-0.39, 0.29) is 4.90 Å². The maximum Gasteiger partial charge on any atom is 0.294 e. The van der Waals surface area contributed by atoms with Crippen LogP contribution in [0.2, 0.25) is 0 Å². The van der Waals surface area contributed by atoms with Gasteiger partial charge in [-0.15, -0.1) is 0 Å². The van der Waals surface area contributed by atoms with Crippen molar-refractivity contribution >= 4 is 20.2 Å². The van der Waals surface area contributed by atoms with E-state index in [1.54, 1.807) is 24.5 Å². The average molecular weight is 347 g/mol. The van der Waals surface area contributed by atoms with Gasteiger partial charge in [-0.1, -0.05) is 23.8 Å². The van der Waals surface area contributed by atoms with E-state index >= 15 is 0 Å². The van der Waals surface area contributed by atoms with Crippen molar-refractivity contribution < 1.29 is 25.9 Å². The predicted molar refractivity (Wildman–Crippen MR) is 82.7 cm³/mol. The monoisotopic (exact) mass is 347 g/mol. The fourth-order valence-corrected chi connectivity index (χ4v) is 1.50. The molecule has 0 aliphatic carbocycles. The Morgan fingerprint density at radius 3 is 1.50 bits per heavy atom. The molecule has 0 fully saturated rings. The topological polar surface area (TPSA) is 122 Å². The van der Waals surface area contributed by atoms with Crippen molar-refractivity contribution in [2.24, 2.45) is 0 Å². The molecule has 0 saturated heterocycles. The first-order chi connectivity index (χ1) is 10.00. The molecule has 1 aromatic heterocycles. The maximum absolute atomic E-state index is 10.5. The molecule has 0 aliphatic heterocycles. The summed E-state index contributed by atoms with van der Waals surface area (Å²) in [6.07, 6.45) is 4.22. The van der Waals surface area contributed by atoms with Crippen LogP contribution >= 0.6 is 0 Å². The molecule has 0 radical (unpaired) electrons. The number of nitrogens with zero attached hydrogens (tertiary/aromatic N) is 1. The number of rotatable bonds is 1. The fourth-order valence-electron chi connectivity index (χ4n) is 1.02. The van der Waals surface area contributed by atoms with Crippen LogP contribution in [0.3, 0.4) is 0 Å². The highest BCUT2D eigenvalue weighted by atomic mass is 32.2. The van der Waals surface area contributed by atoms with Crippen molar-refractivity contribution in [2.45, 2.75) is 11.8 Å². The number of benzene rings is 1. The molecule has 7 nitrogen and oxygen atoms in total. The number of hydrogen-bond donors (Lipinski definition) is 2. The van der Waals surface area contributed by atoms with Gasteiger partial charge in [-0.05, 0) is 31.2 Å². The minimum absolute atomic E-state index is 0.0666.